The minimum absolute atomic E-state index is 0.0521. The number of allylic oxidation sites excluding steroid dienone is 1. The van der Waals surface area contributed by atoms with Crippen molar-refractivity contribution in [1.82, 2.24) is 16.0 Å². The Labute approximate surface area is 230 Å². The van der Waals surface area contributed by atoms with Crippen LogP contribution in [0.15, 0.2) is 55.6 Å². The summed E-state index contributed by atoms with van der Waals surface area (Å²) in [4.78, 5) is 50.3. The molecule has 0 aliphatic heterocycles. The van der Waals surface area contributed by atoms with E-state index in [0.29, 0.717) is 12.8 Å². The van der Waals surface area contributed by atoms with E-state index in [2.05, 4.69) is 29.1 Å². The van der Waals surface area contributed by atoms with Crippen molar-refractivity contribution < 1.29 is 33.8 Å². The molecule has 0 heterocycles. The van der Waals surface area contributed by atoms with Gasteiger partial charge in [-0.15, -0.1) is 13.2 Å². The molecule has 214 valence electrons. The fourth-order valence-electron chi connectivity index (χ4n) is 4.43. The molecular weight excluding hydrogens is 502 g/mol. The topological polar surface area (TPSA) is 143 Å². The number of aliphatic hydroxyl groups excluding tert-OH is 1. The van der Waals surface area contributed by atoms with Gasteiger partial charge in [-0.1, -0.05) is 55.3 Å². The second-order valence-electron chi connectivity index (χ2n) is 9.94. The molecule has 1 aromatic rings. The second kappa shape index (κ2) is 16.3. The minimum Gasteiger partial charge on any atom is -0.462 e. The normalized spacial score (nSPS) is 16.2. The van der Waals surface area contributed by atoms with Crippen LogP contribution < -0.4 is 16.0 Å². The van der Waals surface area contributed by atoms with Crippen LogP contribution in [-0.2, 0) is 30.5 Å². The molecule has 1 fully saturated rings. The van der Waals surface area contributed by atoms with Gasteiger partial charge >= 0.3 is 12.1 Å². The van der Waals surface area contributed by atoms with Crippen LogP contribution >= 0.6 is 0 Å². The van der Waals surface area contributed by atoms with E-state index in [4.69, 9.17) is 9.47 Å². The molecule has 10 heteroatoms. The third kappa shape index (κ3) is 10.9. The Kier molecular flexibility index (Phi) is 13.2. The van der Waals surface area contributed by atoms with Gasteiger partial charge in [-0.25, -0.2) is 9.59 Å². The number of ether oxygens (including phenoxy) is 2. The van der Waals surface area contributed by atoms with Crippen LogP contribution in [0.25, 0.3) is 0 Å². The van der Waals surface area contributed by atoms with Gasteiger partial charge < -0.3 is 30.5 Å². The first kappa shape index (κ1) is 31.6. The fourth-order valence-corrected chi connectivity index (χ4v) is 4.43. The van der Waals surface area contributed by atoms with Gasteiger partial charge in [0.05, 0.1) is 24.1 Å². The number of esters is 1. The number of nitrogens with one attached hydrogen (secondary N) is 3. The van der Waals surface area contributed by atoms with Gasteiger partial charge in [0.25, 0.3) is 0 Å². The Morgan fingerprint density at radius 2 is 1.69 bits per heavy atom. The zero-order valence-corrected chi connectivity index (χ0v) is 22.7. The van der Waals surface area contributed by atoms with E-state index in [1.165, 1.54) is 6.08 Å². The van der Waals surface area contributed by atoms with Crippen LogP contribution in [0.4, 0.5) is 4.79 Å². The van der Waals surface area contributed by atoms with Crippen molar-refractivity contribution in [3.8, 4) is 0 Å². The van der Waals surface area contributed by atoms with Crippen LogP contribution in [0, 0.1) is 5.92 Å². The zero-order chi connectivity index (χ0) is 28.7. The maximum Gasteiger partial charge on any atom is 0.408 e. The molecule has 0 saturated heterocycles. The highest BCUT2D eigenvalue weighted by molar-refractivity contribution is 5.86. The van der Waals surface area contributed by atoms with Gasteiger partial charge in [0, 0.05) is 6.42 Å². The SMILES string of the molecule is C=CC[C@H](CC(=O)NC1(CO)CCCC1)C(=O)N[C@@H](C)COC(=O)[C@@H](CC=C)NC(=O)OCc1ccccc1. The summed E-state index contributed by atoms with van der Waals surface area (Å²) in [6, 6.07) is 7.57. The van der Waals surface area contributed by atoms with Crippen LogP contribution in [-0.4, -0.2) is 59.8 Å². The number of carbonyl (C=O) groups is 4. The number of rotatable bonds is 16. The van der Waals surface area contributed by atoms with Gasteiger partial charge in [-0.05, 0) is 38.2 Å². The van der Waals surface area contributed by atoms with Crippen LogP contribution in [0.1, 0.15) is 57.4 Å². The van der Waals surface area contributed by atoms with Crippen molar-refractivity contribution in [2.24, 2.45) is 5.92 Å². The van der Waals surface area contributed by atoms with Gasteiger partial charge in [-0.2, -0.15) is 0 Å². The van der Waals surface area contributed by atoms with Crippen molar-refractivity contribution >= 4 is 23.9 Å². The van der Waals surface area contributed by atoms with Gasteiger partial charge in [-0.3, -0.25) is 9.59 Å². The number of hydrogen-bond acceptors (Lipinski definition) is 7. The molecule has 1 saturated carbocycles. The molecule has 10 nitrogen and oxygen atoms in total. The van der Waals surface area contributed by atoms with Gasteiger partial charge in [0.2, 0.25) is 11.8 Å². The van der Waals surface area contributed by atoms with E-state index in [0.717, 1.165) is 18.4 Å². The van der Waals surface area contributed by atoms with E-state index in [9.17, 15) is 24.3 Å². The first-order chi connectivity index (χ1) is 18.7. The number of alkyl carbamates (subject to hydrolysis) is 1. The number of carbonyl (C=O) groups excluding carboxylic acids is 4. The predicted molar refractivity (Wildman–Crippen MR) is 146 cm³/mol. The smallest absolute Gasteiger partial charge is 0.408 e. The summed E-state index contributed by atoms with van der Waals surface area (Å²) >= 11 is 0. The number of benzene rings is 1. The molecule has 4 N–H and O–H groups in total. The highest BCUT2D eigenvalue weighted by Gasteiger charge is 2.35. The molecule has 0 spiro atoms. The van der Waals surface area contributed by atoms with Gasteiger partial charge in [0.15, 0.2) is 0 Å². The van der Waals surface area contributed by atoms with Crippen molar-refractivity contribution in [2.75, 3.05) is 13.2 Å². The van der Waals surface area contributed by atoms with E-state index < -0.39 is 35.6 Å². The molecule has 0 radical (unpaired) electrons. The maximum atomic E-state index is 12.9. The first-order valence-electron chi connectivity index (χ1n) is 13.3. The number of hydrogen-bond donors (Lipinski definition) is 4. The summed E-state index contributed by atoms with van der Waals surface area (Å²) in [7, 11) is 0. The second-order valence-corrected chi connectivity index (χ2v) is 9.94. The number of amides is 3. The first-order valence-corrected chi connectivity index (χ1v) is 13.3. The van der Waals surface area contributed by atoms with Crippen LogP contribution in [0.5, 0.6) is 0 Å². The summed E-state index contributed by atoms with van der Waals surface area (Å²) < 4.78 is 10.5. The zero-order valence-electron chi connectivity index (χ0n) is 22.7. The molecular formula is C29H41N3O7. The van der Waals surface area contributed by atoms with Crippen molar-refractivity contribution in [2.45, 2.75) is 76.1 Å². The predicted octanol–water partition coefficient (Wildman–Crippen LogP) is 2.91. The minimum atomic E-state index is -1.000. The third-order valence-electron chi connectivity index (χ3n) is 6.58. The highest BCUT2D eigenvalue weighted by Crippen LogP contribution is 2.29. The summed E-state index contributed by atoms with van der Waals surface area (Å²) in [6.45, 7) is 8.73. The molecule has 1 aliphatic carbocycles. The Balaban J connectivity index is 1.82. The molecule has 0 aromatic heterocycles. The highest BCUT2D eigenvalue weighted by atomic mass is 16.6. The van der Waals surface area contributed by atoms with Crippen LogP contribution in [0.2, 0.25) is 0 Å². The standard InChI is InChI=1S/C29H41N3O7/c1-4-11-23(17-25(34)32-29(20-33)15-9-10-16-29)26(35)30-21(3)18-38-27(36)24(12-5-2)31-28(37)39-19-22-13-7-6-8-14-22/h4-8,13-14,21,23-24,33H,1-2,9-12,15-20H2,3H3,(H,30,35)(H,31,37)(H,32,34)/t21-,23+,24+/m0/s1. The summed E-state index contributed by atoms with van der Waals surface area (Å²) in [6.07, 6.45) is 5.94. The van der Waals surface area contributed by atoms with E-state index in [1.807, 2.05) is 30.3 Å². The Hall–Kier alpha value is -3.66. The molecule has 39 heavy (non-hydrogen) atoms. The third-order valence-corrected chi connectivity index (χ3v) is 6.58. The fraction of sp³-hybridized carbons (Fsp3) is 0.517. The van der Waals surface area contributed by atoms with E-state index in [-0.39, 0.29) is 50.9 Å². The average molecular weight is 544 g/mol. The lowest BCUT2D eigenvalue weighted by atomic mass is 9.95. The lowest BCUT2D eigenvalue weighted by Gasteiger charge is -2.29. The van der Waals surface area contributed by atoms with Crippen molar-refractivity contribution in [3.63, 3.8) is 0 Å². The van der Waals surface area contributed by atoms with Crippen molar-refractivity contribution in [1.29, 1.82) is 0 Å². The van der Waals surface area contributed by atoms with E-state index in [1.54, 1.807) is 13.0 Å². The Morgan fingerprint density at radius 1 is 1.03 bits per heavy atom. The Morgan fingerprint density at radius 3 is 2.31 bits per heavy atom. The molecule has 0 unspecified atom stereocenters. The molecule has 2 rings (SSSR count). The summed E-state index contributed by atoms with van der Waals surface area (Å²) in [5.74, 6) is -2.03. The number of aliphatic hydroxyl groups is 1. The summed E-state index contributed by atoms with van der Waals surface area (Å²) in [5.41, 5.74) is 0.191. The quantitative estimate of drug-likeness (QED) is 0.185. The Bertz CT molecular complexity index is 976. The van der Waals surface area contributed by atoms with E-state index >= 15 is 0 Å². The maximum absolute atomic E-state index is 12.9. The molecule has 3 amide bonds. The monoisotopic (exact) mass is 543 g/mol. The molecule has 3 atom stereocenters. The van der Waals surface area contributed by atoms with Gasteiger partial charge in [0.1, 0.15) is 19.3 Å². The lowest BCUT2D eigenvalue weighted by molar-refractivity contribution is -0.147. The largest absolute Gasteiger partial charge is 0.462 e. The molecule has 1 aliphatic rings. The molecule has 1 aromatic carbocycles. The summed E-state index contributed by atoms with van der Waals surface area (Å²) in [5, 5.41) is 17.9. The molecule has 0 bridgehead atoms. The van der Waals surface area contributed by atoms with Crippen molar-refractivity contribution in [3.05, 3.63) is 61.2 Å². The lowest BCUT2D eigenvalue weighted by Crippen LogP contribution is -2.50. The average Bonchev–Trinajstić information content (AvgIpc) is 3.39. The van der Waals surface area contributed by atoms with Crippen LogP contribution in [0.3, 0.4) is 0 Å².